The number of carbonyl (C=O) groups excluding carboxylic acids is 1. The smallest absolute Gasteiger partial charge is 0.273 e. The average Bonchev–Trinajstić information content (AvgIpc) is 3.10. The van der Waals surface area contributed by atoms with Crippen molar-refractivity contribution in [1.29, 1.82) is 0 Å². The Balaban J connectivity index is 1.64. The summed E-state index contributed by atoms with van der Waals surface area (Å²) in [5, 5.41) is 0.707. The molecule has 0 unspecified atom stereocenters. The lowest BCUT2D eigenvalue weighted by molar-refractivity contribution is -0.856. The van der Waals surface area contributed by atoms with Gasteiger partial charge in [0.25, 0.3) is 5.91 Å². The first-order valence-electron chi connectivity index (χ1n) is 9.79. The second-order valence-corrected chi connectivity index (χ2v) is 8.72. The average molecular weight is 413 g/mol. The lowest BCUT2D eigenvalue weighted by Crippen LogP contribution is -3.06. The highest BCUT2D eigenvalue weighted by Crippen LogP contribution is 2.34. The van der Waals surface area contributed by atoms with Gasteiger partial charge in [-0.3, -0.25) is 9.69 Å². The van der Waals surface area contributed by atoms with E-state index in [0.29, 0.717) is 23.2 Å². The van der Waals surface area contributed by atoms with E-state index in [2.05, 4.69) is 40.1 Å². The number of likely N-dealkylation sites (N-methyl/N-ethyl adjacent to an activating group) is 1. The Hall–Kier alpha value is -2.64. The van der Waals surface area contributed by atoms with Crippen molar-refractivity contribution in [2.24, 2.45) is 0 Å². The maximum absolute atomic E-state index is 13.4. The summed E-state index contributed by atoms with van der Waals surface area (Å²) in [6.45, 7) is 5.75. The van der Waals surface area contributed by atoms with E-state index in [0.717, 1.165) is 16.8 Å². The molecule has 2 aromatic carbocycles. The highest BCUT2D eigenvalue weighted by Gasteiger charge is 2.33. The molecule has 1 N–H and O–H groups in total. The number of rotatable bonds is 5. The van der Waals surface area contributed by atoms with Crippen LogP contribution in [-0.2, 0) is 4.79 Å². The minimum absolute atomic E-state index is 0.117. The Kier molecular flexibility index (Phi) is 5.43. The number of nitrogens with one attached hydrogen (secondary N) is 1. The molecule has 0 radical (unpaired) electrons. The van der Waals surface area contributed by atoms with Gasteiger partial charge in [0.1, 0.15) is 6.61 Å². The highest BCUT2D eigenvalue weighted by molar-refractivity contribution is 7.22. The molecule has 0 bridgehead atoms. The summed E-state index contributed by atoms with van der Waals surface area (Å²) in [4.78, 5) is 21.2. The molecule has 3 aromatic rings. The summed E-state index contributed by atoms with van der Waals surface area (Å²) in [6.07, 6.45) is -0.683. The lowest BCUT2D eigenvalue weighted by Gasteiger charge is -2.29. The number of quaternary nitrogens is 1. The molecule has 7 heteroatoms. The van der Waals surface area contributed by atoms with Crippen molar-refractivity contribution in [2.45, 2.75) is 20.0 Å². The van der Waals surface area contributed by atoms with Gasteiger partial charge in [-0.1, -0.05) is 23.5 Å². The summed E-state index contributed by atoms with van der Waals surface area (Å²) >= 11 is 1.55. The van der Waals surface area contributed by atoms with E-state index in [1.165, 1.54) is 16.0 Å². The number of carbonyl (C=O) groups is 1. The molecule has 1 aliphatic heterocycles. The second-order valence-electron chi connectivity index (χ2n) is 7.71. The maximum Gasteiger partial charge on any atom is 0.273 e. The molecule has 152 valence electrons. The summed E-state index contributed by atoms with van der Waals surface area (Å²) in [5.74, 6) is 1.16. The van der Waals surface area contributed by atoms with Crippen molar-refractivity contribution in [3.05, 3.63) is 47.5 Å². The van der Waals surface area contributed by atoms with E-state index in [1.54, 1.807) is 16.2 Å². The number of aromatic nitrogens is 1. The number of ether oxygens (including phenoxy) is 2. The first-order valence-corrected chi connectivity index (χ1v) is 10.6. The fourth-order valence-electron chi connectivity index (χ4n) is 3.23. The quantitative estimate of drug-likeness (QED) is 0.698. The molecule has 2 heterocycles. The number of nitrogens with zero attached hydrogens (tertiary/aromatic N) is 2. The number of thiazole rings is 1. The third-order valence-corrected chi connectivity index (χ3v) is 6.15. The summed E-state index contributed by atoms with van der Waals surface area (Å²) in [6, 6.07) is 11.7. The monoisotopic (exact) mass is 412 g/mol. The number of fused-ring (bicyclic) bond motifs is 2. The molecule has 0 saturated heterocycles. The second kappa shape index (κ2) is 8.00. The number of benzene rings is 2. The van der Waals surface area contributed by atoms with E-state index >= 15 is 0 Å². The summed E-state index contributed by atoms with van der Waals surface area (Å²) in [7, 11) is 4.15. The van der Waals surface area contributed by atoms with Gasteiger partial charge in [-0.05, 0) is 49.2 Å². The molecule has 1 atom stereocenters. The first-order chi connectivity index (χ1) is 13.9. The van der Waals surface area contributed by atoms with Crippen LogP contribution in [0.4, 0.5) is 5.13 Å². The zero-order valence-corrected chi connectivity index (χ0v) is 18.0. The van der Waals surface area contributed by atoms with Crippen LogP contribution in [0.3, 0.4) is 0 Å². The van der Waals surface area contributed by atoms with Crippen molar-refractivity contribution in [3.8, 4) is 11.5 Å². The molecule has 4 rings (SSSR count). The Bertz CT molecular complexity index is 1010. The zero-order valence-electron chi connectivity index (χ0n) is 17.2. The molecule has 1 amide bonds. The minimum atomic E-state index is -0.683. The van der Waals surface area contributed by atoms with Crippen molar-refractivity contribution >= 4 is 32.6 Å². The van der Waals surface area contributed by atoms with Gasteiger partial charge in [-0.25, -0.2) is 4.98 Å². The fourth-order valence-corrected chi connectivity index (χ4v) is 4.31. The lowest BCUT2D eigenvalue weighted by atomic mass is 10.1. The fraction of sp³-hybridized carbons (Fsp3) is 0.364. The van der Waals surface area contributed by atoms with Crippen LogP contribution >= 0.6 is 11.3 Å². The molecule has 0 saturated carbocycles. The van der Waals surface area contributed by atoms with E-state index in [4.69, 9.17) is 14.5 Å². The Morgan fingerprint density at radius 1 is 1.21 bits per heavy atom. The van der Waals surface area contributed by atoms with Gasteiger partial charge >= 0.3 is 0 Å². The number of aryl methyl sites for hydroxylation is 2. The van der Waals surface area contributed by atoms with Gasteiger partial charge in [-0.15, -0.1) is 0 Å². The molecule has 29 heavy (non-hydrogen) atoms. The summed E-state index contributed by atoms with van der Waals surface area (Å²) < 4.78 is 12.8. The van der Waals surface area contributed by atoms with E-state index in [9.17, 15) is 4.79 Å². The van der Waals surface area contributed by atoms with Gasteiger partial charge < -0.3 is 14.4 Å². The highest BCUT2D eigenvalue weighted by atomic mass is 32.1. The standard InChI is InChI=1S/C22H25N3O3S/c1-14-11-16-20(12-15(14)2)29-22(23-16)25(10-9-24(3)4)21(26)19-13-27-17-7-5-6-8-18(17)28-19/h5-8,11-12,19H,9-10,13H2,1-4H3/p+1/t19-/m0/s1. The minimum Gasteiger partial charge on any atom is -0.485 e. The predicted octanol–water partition coefficient (Wildman–Crippen LogP) is 2.23. The maximum atomic E-state index is 13.4. The third kappa shape index (κ3) is 4.06. The number of para-hydroxylation sites is 2. The van der Waals surface area contributed by atoms with Crippen LogP contribution in [0.15, 0.2) is 36.4 Å². The third-order valence-electron chi connectivity index (χ3n) is 5.11. The van der Waals surface area contributed by atoms with Crippen LogP contribution in [0.25, 0.3) is 10.2 Å². The summed E-state index contributed by atoms with van der Waals surface area (Å²) in [5.41, 5.74) is 3.35. The van der Waals surface area contributed by atoms with Crippen LogP contribution < -0.4 is 19.3 Å². The zero-order chi connectivity index (χ0) is 20.5. The van der Waals surface area contributed by atoms with Crippen molar-refractivity contribution in [1.82, 2.24) is 4.98 Å². The van der Waals surface area contributed by atoms with Gasteiger partial charge in [0.2, 0.25) is 6.10 Å². The predicted molar refractivity (Wildman–Crippen MR) is 115 cm³/mol. The molecule has 1 aliphatic rings. The molecule has 1 aromatic heterocycles. The van der Waals surface area contributed by atoms with Gasteiger partial charge in [-0.2, -0.15) is 0 Å². The molecular formula is C22H26N3O3S+. The van der Waals surface area contributed by atoms with Crippen LogP contribution in [0, 0.1) is 13.8 Å². The Labute approximate surface area is 174 Å². The number of amides is 1. The van der Waals surface area contributed by atoms with Crippen molar-refractivity contribution < 1.29 is 19.2 Å². The largest absolute Gasteiger partial charge is 0.485 e. The Morgan fingerprint density at radius 2 is 1.93 bits per heavy atom. The van der Waals surface area contributed by atoms with E-state index < -0.39 is 6.10 Å². The van der Waals surface area contributed by atoms with Gasteiger partial charge in [0, 0.05) is 0 Å². The topological polar surface area (TPSA) is 56.1 Å². The molecular weight excluding hydrogens is 386 g/mol. The first kappa shape index (κ1) is 19.7. The SMILES string of the molecule is Cc1cc2nc(N(CC[NH+](C)C)C(=O)[C@@H]3COc4ccccc4O3)sc2cc1C. The number of hydrogen-bond donors (Lipinski definition) is 1. The number of hydrogen-bond acceptors (Lipinski definition) is 5. The van der Waals surface area contributed by atoms with E-state index in [-0.39, 0.29) is 12.5 Å². The molecule has 0 aliphatic carbocycles. The van der Waals surface area contributed by atoms with Gasteiger partial charge in [0.15, 0.2) is 16.6 Å². The van der Waals surface area contributed by atoms with Crippen molar-refractivity contribution in [2.75, 3.05) is 38.7 Å². The van der Waals surface area contributed by atoms with Crippen LogP contribution in [0.2, 0.25) is 0 Å². The molecule has 6 nitrogen and oxygen atoms in total. The Morgan fingerprint density at radius 3 is 2.69 bits per heavy atom. The number of anilines is 1. The van der Waals surface area contributed by atoms with Gasteiger partial charge in [0.05, 0.1) is 37.4 Å². The van der Waals surface area contributed by atoms with Crippen LogP contribution in [0.5, 0.6) is 11.5 Å². The van der Waals surface area contributed by atoms with Crippen LogP contribution in [-0.4, -0.2) is 50.8 Å². The molecule has 0 spiro atoms. The van der Waals surface area contributed by atoms with E-state index in [1.807, 2.05) is 24.3 Å². The van der Waals surface area contributed by atoms with Crippen LogP contribution in [0.1, 0.15) is 11.1 Å². The normalized spacial score (nSPS) is 15.7. The molecule has 0 fully saturated rings. The van der Waals surface area contributed by atoms with Crippen molar-refractivity contribution in [3.63, 3.8) is 0 Å².